The average molecular weight is 361 g/mol. The predicted molar refractivity (Wildman–Crippen MR) is 96.3 cm³/mol. The van der Waals surface area contributed by atoms with Crippen molar-refractivity contribution in [2.45, 2.75) is 32.3 Å². The van der Waals surface area contributed by atoms with E-state index in [0.29, 0.717) is 29.7 Å². The van der Waals surface area contributed by atoms with E-state index in [0.717, 1.165) is 5.56 Å². The first-order valence-corrected chi connectivity index (χ1v) is 8.56. The van der Waals surface area contributed by atoms with Gasteiger partial charge in [-0.2, -0.15) is 0 Å². The molecule has 1 amide bonds. The zero-order valence-corrected chi connectivity index (χ0v) is 15.3. The molecule has 1 saturated heterocycles. The number of amides is 1. The third kappa shape index (κ3) is 4.42. The largest absolute Gasteiger partial charge is 0.444 e. The van der Waals surface area contributed by atoms with Gasteiger partial charge in [0.15, 0.2) is 0 Å². The Bertz CT molecular complexity index is 750. The third-order valence-corrected chi connectivity index (χ3v) is 4.13. The number of benzene rings is 1. The monoisotopic (exact) mass is 360 g/mol. The van der Waals surface area contributed by atoms with E-state index >= 15 is 0 Å². The summed E-state index contributed by atoms with van der Waals surface area (Å²) in [5.74, 6) is 1.33. The highest BCUT2D eigenvalue weighted by molar-refractivity contribution is 6.32. The molecule has 2 aromatic rings. The Morgan fingerprint density at radius 3 is 2.52 bits per heavy atom. The summed E-state index contributed by atoms with van der Waals surface area (Å²) in [7, 11) is 0. The molecule has 132 valence electrons. The lowest BCUT2D eigenvalue weighted by molar-refractivity contribution is 0.00816. The number of nitrogens with zero attached hydrogens (tertiary/aromatic N) is 2. The summed E-state index contributed by atoms with van der Waals surface area (Å²) in [6.07, 6.45) is 1.51. The minimum atomic E-state index is -0.471. The van der Waals surface area contributed by atoms with E-state index in [-0.39, 0.29) is 12.0 Å². The van der Waals surface area contributed by atoms with E-state index in [1.165, 1.54) is 0 Å². The van der Waals surface area contributed by atoms with Crippen molar-refractivity contribution in [3.05, 3.63) is 53.2 Å². The number of aromatic nitrogens is 1. The van der Waals surface area contributed by atoms with Gasteiger partial charge in [-0.1, -0.05) is 29.8 Å². The van der Waals surface area contributed by atoms with E-state index < -0.39 is 5.60 Å². The van der Waals surface area contributed by atoms with Crippen molar-refractivity contribution in [3.63, 3.8) is 0 Å². The van der Waals surface area contributed by atoms with Crippen molar-refractivity contribution in [1.29, 1.82) is 0 Å². The molecule has 6 heteroatoms. The van der Waals surface area contributed by atoms with Crippen LogP contribution in [-0.4, -0.2) is 34.7 Å². The first-order chi connectivity index (χ1) is 11.8. The van der Waals surface area contributed by atoms with Gasteiger partial charge in [0, 0.05) is 31.3 Å². The molecule has 1 fully saturated rings. The lowest BCUT2D eigenvalue weighted by Crippen LogP contribution is -2.50. The van der Waals surface area contributed by atoms with Gasteiger partial charge in [-0.15, -0.1) is 0 Å². The topological polar surface area (TPSA) is 51.7 Å². The molecular weight excluding hydrogens is 340 g/mol. The number of likely N-dealkylation sites (tertiary alicyclic amines) is 1. The van der Waals surface area contributed by atoms with Crippen LogP contribution in [0.3, 0.4) is 0 Å². The van der Waals surface area contributed by atoms with E-state index in [1.807, 2.05) is 45.0 Å². The van der Waals surface area contributed by atoms with Gasteiger partial charge < -0.3 is 14.4 Å². The van der Waals surface area contributed by atoms with E-state index in [1.54, 1.807) is 23.2 Å². The Hall–Kier alpha value is -2.27. The second-order valence-corrected chi connectivity index (χ2v) is 7.45. The summed E-state index contributed by atoms with van der Waals surface area (Å²) < 4.78 is 11.0. The molecule has 0 bridgehead atoms. The molecule has 5 nitrogen and oxygen atoms in total. The molecule has 1 aromatic carbocycles. The number of halogens is 1. The summed E-state index contributed by atoms with van der Waals surface area (Å²) in [6.45, 7) is 6.88. The van der Waals surface area contributed by atoms with Gasteiger partial charge in [0.25, 0.3) is 0 Å². The smallest absolute Gasteiger partial charge is 0.410 e. The lowest BCUT2D eigenvalue weighted by Gasteiger charge is -2.39. The molecule has 1 aliphatic rings. The highest BCUT2D eigenvalue weighted by atomic mass is 35.5. The van der Waals surface area contributed by atoms with E-state index in [2.05, 4.69) is 4.98 Å². The maximum absolute atomic E-state index is 12.0. The molecule has 1 aliphatic heterocycles. The molecule has 0 spiro atoms. The Morgan fingerprint density at radius 1 is 1.20 bits per heavy atom. The summed E-state index contributed by atoms with van der Waals surface area (Å²) >= 11 is 6.08. The summed E-state index contributed by atoms with van der Waals surface area (Å²) in [6, 6.07) is 11.0. The Morgan fingerprint density at radius 2 is 1.92 bits per heavy atom. The molecule has 0 aliphatic carbocycles. The van der Waals surface area contributed by atoms with E-state index in [4.69, 9.17) is 21.1 Å². The first kappa shape index (κ1) is 17.5. The fourth-order valence-electron chi connectivity index (χ4n) is 2.50. The van der Waals surface area contributed by atoms with Crippen molar-refractivity contribution in [2.24, 2.45) is 0 Å². The van der Waals surface area contributed by atoms with Crippen LogP contribution in [0, 0.1) is 0 Å². The zero-order chi connectivity index (χ0) is 18.0. The molecule has 0 unspecified atom stereocenters. The molecule has 0 atom stereocenters. The van der Waals surface area contributed by atoms with Crippen LogP contribution >= 0.6 is 11.6 Å². The Labute approximate surface area is 152 Å². The van der Waals surface area contributed by atoms with Crippen molar-refractivity contribution >= 4 is 17.7 Å². The second-order valence-electron chi connectivity index (χ2n) is 7.04. The van der Waals surface area contributed by atoms with E-state index in [9.17, 15) is 4.79 Å². The summed E-state index contributed by atoms with van der Waals surface area (Å²) in [4.78, 5) is 18.0. The van der Waals surface area contributed by atoms with Gasteiger partial charge in [-0.25, -0.2) is 9.78 Å². The standard InChI is InChI=1S/C19H21ClN2O3/c1-19(2,3)25-18(23)22-11-14(12-22)13-8-9-17(21-10-13)24-16-7-5-4-6-15(16)20/h4-10,14H,11-12H2,1-3H3. The predicted octanol–water partition coefficient (Wildman–Crippen LogP) is 4.86. The van der Waals surface area contributed by atoms with Gasteiger partial charge in [-0.3, -0.25) is 0 Å². The number of hydrogen-bond acceptors (Lipinski definition) is 4. The Balaban J connectivity index is 1.56. The molecule has 3 rings (SSSR count). The van der Waals surface area contributed by atoms with Crippen LogP contribution in [0.5, 0.6) is 11.6 Å². The lowest BCUT2D eigenvalue weighted by atomic mass is 9.93. The summed E-state index contributed by atoms with van der Waals surface area (Å²) in [5.41, 5.74) is 0.604. The van der Waals surface area contributed by atoms with Crippen molar-refractivity contribution in [3.8, 4) is 11.6 Å². The molecule has 1 aromatic heterocycles. The van der Waals surface area contributed by atoms with Crippen molar-refractivity contribution in [1.82, 2.24) is 9.88 Å². The van der Waals surface area contributed by atoms with Crippen LogP contribution in [0.15, 0.2) is 42.6 Å². The molecule has 0 saturated carbocycles. The number of rotatable bonds is 3. The van der Waals surface area contributed by atoms with Crippen LogP contribution < -0.4 is 4.74 Å². The minimum absolute atomic E-state index is 0.268. The molecule has 0 radical (unpaired) electrons. The number of carbonyl (C=O) groups excluding carboxylic acids is 1. The number of carbonyl (C=O) groups is 1. The fraction of sp³-hybridized carbons (Fsp3) is 0.368. The maximum Gasteiger partial charge on any atom is 0.410 e. The first-order valence-electron chi connectivity index (χ1n) is 8.18. The Kier molecular flexibility index (Phi) is 4.86. The minimum Gasteiger partial charge on any atom is -0.444 e. The highest BCUT2D eigenvalue weighted by Crippen LogP contribution is 2.31. The molecular formula is C19H21ClN2O3. The molecule has 0 N–H and O–H groups in total. The van der Waals surface area contributed by atoms with Crippen LogP contribution in [0.1, 0.15) is 32.3 Å². The van der Waals surface area contributed by atoms with Crippen molar-refractivity contribution in [2.75, 3.05) is 13.1 Å². The second kappa shape index (κ2) is 6.92. The summed E-state index contributed by atoms with van der Waals surface area (Å²) in [5, 5.41) is 0.542. The van der Waals surface area contributed by atoms with Gasteiger partial charge in [0.05, 0.1) is 5.02 Å². The quantitative estimate of drug-likeness (QED) is 0.784. The number of pyridine rings is 1. The number of hydrogen-bond donors (Lipinski definition) is 0. The van der Waals surface area contributed by atoms with Crippen molar-refractivity contribution < 1.29 is 14.3 Å². The van der Waals surface area contributed by atoms with Crippen LogP contribution in [0.25, 0.3) is 0 Å². The van der Waals surface area contributed by atoms with Gasteiger partial charge >= 0.3 is 6.09 Å². The fourth-order valence-corrected chi connectivity index (χ4v) is 2.67. The van der Waals surface area contributed by atoms with Gasteiger partial charge in [0.2, 0.25) is 5.88 Å². The number of ether oxygens (including phenoxy) is 2. The third-order valence-electron chi connectivity index (χ3n) is 3.82. The normalized spacial score (nSPS) is 14.8. The zero-order valence-electron chi connectivity index (χ0n) is 14.5. The number of para-hydroxylation sites is 1. The van der Waals surface area contributed by atoms with Crippen LogP contribution in [0.2, 0.25) is 5.02 Å². The molecule has 25 heavy (non-hydrogen) atoms. The van der Waals surface area contributed by atoms with Crippen LogP contribution in [-0.2, 0) is 4.74 Å². The van der Waals surface area contributed by atoms with Gasteiger partial charge in [-0.05, 0) is 38.5 Å². The SMILES string of the molecule is CC(C)(C)OC(=O)N1CC(c2ccc(Oc3ccccc3Cl)nc2)C1. The molecule has 2 heterocycles. The average Bonchev–Trinajstić information content (AvgIpc) is 2.48. The maximum atomic E-state index is 12.0. The van der Waals surface area contributed by atoms with Gasteiger partial charge in [0.1, 0.15) is 11.4 Å². The van der Waals surface area contributed by atoms with Crippen LogP contribution in [0.4, 0.5) is 4.79 Å². The highest BCUT2D eigenvalue weighted by Gasteiger charge is 2.34.